The van der Waals surface area contributed by atoms with Gasteiger partial charge in [-0.2, -0.15) is 0 Å². The molecule has 1 spiro atoms. The van der Waals surface area contributed by atoms with Gasteiger partial charge >= 0.3 is 6.03 Å². The molecule has 3 rings (SSSR count). The lowest BCUT2D eigenvalue weighted by Crippen LogP contribution is -2.64. The van der Waals surface area contributed by atoms with Gasteiger partial charge in [-0.05, 0) is 37.2 Å². The highest BCUT2D eigenvalue weighted by molar-refractivity contribution is 5.92. The highest BCUT2D eigenvalue weighted by Crippen LogP contribution is 2.40. The second kappa shape index (κ2) is 14.1. The standard InChI is InChI=1S/C28H43N7O5/c1-19(2)13-22(33-23(36)15-31-25(38)21(29)14-20-7-5-4-6-8-20)26(39)32-16-24(37)35-17-28(18-35)9-11-34(12-10-28)27(40)30-3/h4-8,19,21-22H,9-18,29H2,1-3H3,(H,30,40)(H,31,38)(H,32,39)(H,33,36)/t21-,22-/m1/s1. The first-order valence-electron chi connectivity index (χ1n) is 13.9. The predicted molar refractivity (Wildman–Crippen MR) is 150 cm³/mol. The van der Waals surface area contributed by atoms with Gasteiger partial charge in [-0.15, -0.1) is 0 Å². The van der Waals surface area contributed by atoms with E-state index in [2.05, 4.69) is 21.3 Å². The first kappa shape index (κ1) is 30.9. The number of likely N-dealkylation sites (tertiary alicyclic amines) is 2. The smallest absolute Gasteiger partial charge is 0.317 e. The Kier molecular flexibility index (Phi) is 10.9. The zero-order valence-electron chi connectivity index (χ0n) is 23.7. The van der Waals surface area contributed by atoms with Crippen molar-refractivity contribution in [3.05, 3.63) is 35.9 Å². The number of rotatable bonds is 11. The van der Waals surface area contributed by atoms with E-state index in [1.54, 1.807) is 16.8 Å². The number of benzene rings is 1. The minimum absolute atomic E-state index is 0.0341. The highest BCUT2D eigenvalue weighted by Gasteiger charge is 2.47. The fourth-order valence-corrected chi connectivity index (χ4v) is 5.20. The Balaban J connectivity index is 1.40. The third-order valence-corrected chi connectivity index (χ3v) is 7.56. The van der Waals surface area contributed by atoms with Crippen molar-refractivity contribution in [2.45, 2.75) is 51.6 Å². The third kappa shape index (κ3) is 8.67. The molecule has 1 aromatic carbocycles. The molecule has 6 N–H and O–H groups in total. The summed E-state index contributed by atoms with van der Waals surface area (Å²) in [5.74, 6) is -1.49. The van der Waals surface area contributed by atoms with Gasteiger partial charge in [0.25, 0.3) is 0 Å². The molecule has 0 aliphatic carbocycles. The van der Waals surface area contributed by atoms with E-state index in [0.717, 1.165) is 18.4 Å². The average molecular weight is 558 g/mol. The van der Waals surface area contributed by atoms with Crippen LogP contribution in [0.3, 0.4) is 0 Å². The second-order valence-corrected chi connectivity index (χ2v) is 11.3. The summed E-state index contributed by atoms with van der Waals surface area (Å²) >= 11 is 0. The van der Waals surface area contributed by atoms with E-state index >= 15 is 0 Å². The van der Waals surface area contributed by atoms with E-state index in [0.29, 0.717) is 39.0 Å². The Morgan fingerprint density at radius 1 is 0.925 bits per heavy atom. The van der Waals surface area contributed by atoms with Gasteiger partial charge in [0.2, 0.25) is 23.6 Å². The zero-order valence-corrected chi connectivity index (χ0v) is 23.7. The highest BCUT2D eigenvalue weighted by atomic mass is 16.2. The summed E-state index contributed by atoms with van der Waals surface area (Å²) in [4.78, 5) is 65.8. The topological polar surface area (TPSA) is 166 Å². The Morgan fingerprint density at radius 2 is 1.55 bits per heavy atom. The monoisotopic (exact) mass is 557 g/mol. The molecule has 0 bridgehead atoms. The summed E-state index contributed by atoms with van der Waals surface area (Å²) in [6.07, 6.45) is 2.40. The van der Waals surface area contributed by atoms with E-state index in [-0.39, 0.29) is 36.4 Å². The van der Waals surface area contributed by atoms with Crippen molar-refractivity contribution in [1.82, 2.24) is 31.1 Å². The first-order chi connectivity index (χ1) is 19.0. The number of urea groups is 1. The van der Waals surface area contributed by atoms with Crippen LogP contribution in [-0.2, 0) is 25.6 Å². The SMILES string of the molecule is CNC(=O)N1CCC2(CC1)CN(C(=O)CNC(=O)[C@@H](CC(C)C)NC(=O)CNC(=O)[C@H](N)Cc1ccccc1)C2. The van der Waals surface area contributed by atoms with Gasteiger partial charge in [0.1, 0.15) is 6.04 Å². The lowest BCUT2D eigenvalue weighted by atomic mass is 9.72. The minimum atomic E-state index is -0.841. The van der Waals surface area contributed by atoms with Gasteiger partial charge in [-0.25, -0.2) is 4.79 Å². The van der Waals surface area contributed by atoms with Crippen LogP contribution in [0.1, 0.15) is 38.7 Å². The number of carbonyl (C=O) groups is 5. The molecular weight excluding hydrogens is 514 g/mol. The largest absolute Gasteiger partial charge is 0.346 e. The van der Waals surface area contributed by atoms with Crippen molar-refractivity contribution >= 4 is 29.7 Å². The van der Waals surface area contributed by atoms with E-state index in [9.17, 15) is 24.0 Å². The Hall–Kier alpha value is -3.67. The molecule has 0 unspecified atom stereocenters. The molecule has 0 radical (unpaired) electrons. The van der Waals surface area contributed by atoms with Crippen LogP contribution in [0.25, 0.3) is 0 Å². The van der Waals surface area contributed by atoms with Crippen molar-refractivity contribution in [1.29, 1.82) is 0 Å². The van der Waals surface area contributed by atoms with Crippen molar-refractivity contribution in [3.8, 4) is 0 Å². The number of hydrogen-bond donors (Lipinski definition) is 5. The first-order valence-corrected chi connectivity index (χ1v) is 13.9. The van der Waals surface area contributed by atoms with Gasteiger partial charge in [-0.3, -0.25) is 19.2 Å². The third-order valence-electron chi connectivity index (χ3n) is 7.56. The van der Waals surface area contributed by atoms with E-state index < -0.39 is 29.8 Å². The van der Waals surface area contributed by atoms with Crippen LogP contribution in [0.2, 0.25) is 0 Å². The maximum atomic E-state index is 12.9. The summed E-state index contributed by atoms with van der Waals surface area (Å²) in [6, 6.07) is 7.62. The number of nitrogens with one attached hydrogen (secondary N) is 4. The molecule has 2 atom stereocenters. The fraction of sp³-hybridized carbons (Fsp3) is 0.607. The molecule has 2 aliphatic heterocycles. The number of nitrogens with zero attached hydrogens (tertiary/aromatic N) is 2. The number of nitrogens with two attached hydrogens (primary N) is 1. The van der Waals surface area contributed by atoms with E-state index in [1.807, 2.05) is 44.2 Å². The number of amides is 6. The van der Waals surface area contributed by atoms with Crippen molar-refractivity contribution in [3.63, 3.8) is 0 Å². The molecule has 220 valence electrons. The van der Waals surface area contributed by atoms with Crippen molar-refractivity contribution < 1.29 is 24.0 Å². The molecule has 40 heavy (non-hydrogen) atoms. The van der Waals surface area contributed by atoms with Crippen LogP contribution < -0.4 is 27.0 Å². The molecule has 2 aliphatic rings. The van der Waals surface area contributed by atoms with Crippen LogP contribution in [-0.4, -0.2) is 97.9 Å². The maximum Gasteiger partial charge on any atom is 0.317 e. The summed E-state index contributed by atoms with van der Waals surface area (Å²) in [5.41, 5.74) is 6.92. The van der Waals surface area contributed by atoms with Crippen LogP contribution in [0, 0.1) is 11.3 Å². The molecule has 1 aromatic rings. The fourth-order valence-electron chi connectivity index (χ4n) is 5.20. The van der Waals surface area contributed by atoms with E-state index in [4.69, 9.17) is 5.73 Å². The predicted octanol–water partition coefficient (Wildman–Crippen LogP) is -0.416. The van der Waals surface area contributed by atoms with Gasteiger partial charge < -0.3 is 36.8 Å². The van der Waals surface area contributed by atoms with Gasteiger partial charge in [-0.1, -0.05) is 44.2 Å². The van der Waals surface area contributed by atoms with E-state index in [1.165, 1.54) is 0 Å². The lowest BCUT2D eigenvalue weighted by Gasteiger charge is -2.53. The van der Waals surface area contributed by atoms with Gasteiger partial charge in [0, 0.05) is 38.6 Å². The molecule has 12 heteroatoms. The number of carbonyl (C=O) groups excluding carboxylic acids is 5. The Morgan fingerprint density at radius 3 is 2.15 bits per heavy atom. The van der Waals surface area contributed by atoms with Crippen LogP contribution >= 0.6 is 0 Å². The molecule has 12 nitrogen and oxygen atoms in total. The van der Waals surface area contributed by atoms with Crippen LogP contribution in [0.4, 0.5) is 4.79 Å². The lowest BCUT2D eigenvalue weighted by molar-refractivity contribution is -0.146. The summed E-state index contributed by atoms with van der Waals surface area (Å²) in [7, 11) is 1.61. The second-order valence-electron chi connectivity index (χ2n) is 11.3. The van der Waals surface area contributed by atoms with Gasteiger partial charge in [0.15, 0.2) is 0 Å². The Bertz CT molecular complexity index is 1050. The molecule has 2 fully saturated rings. The van der Waals surface area contributed by atoms with Crippen LogP contribution in [0.15, 0.2) is 30.3 Å². The number of hydrogen-bond acceptors (Lipinski definition) is 6. The van der Waals surface area contributed by atoms with Crippen molar-refractivity contribution in [2.24, 2.45) is 17.1 Å². The zero-order chi connectivity index (χ0) is 29.3. The van der Waals surface area contributed by atoms with Gasteiger partial charge in [0.05, 0.1) is 19.1 Å². The molecular formula is C28H43N7O5. The molecule has 0 saturated carbocycles. The van der Waals surface area contributed by atoms with Crippen molar-refractivity contribution in [2.75, 3.05) is 46.3 Å². The summed E-state index contributed by atoms with van der Waals surface area (Å²) in [6.45, 7) is 5.93. The normalized spacial score (nSPS) is 17.4. The average Bonchev–Trinajstić information content (AvgIpc) is 2.92. The summed E-state index contributed by atoms with van der Waals surface area (Å²) in [5, 5.41) is 10.5. The minimum Gasteiger partial charge on any atom is -0.346 e. The van der Waals surface area contributed by atoms with Crippen LogP contribution in [0.5, 0.6) is 0 Å². The molecule has 6 amide bonds. The Labute approximate surface area is 235 Å². The number of piperidine rings is 1. The quantitative estimate of drug-likeness (QED) is 0.248. The molecule has 0 aromatic heterocycles. The summed E-state index contributed by atoms with van der Waals surface area (Å²) < 4.78 is 0. The molecule has 2 saturated heterocycles. The molecule has 2 heterocycles. The maximum absolute atomic E-state index is 12.9.